The van der Waals surface area contributed by atoms with Gasteiger partial charge in [0.1, 0.15) is 11.1 Å². The van der Waals surface area contributed by atoms with E-state index in [1.807, 2.05) is 6.92 Å². The normalized spacial score (nSPS) is 19.3. The van der Waals surface area contributed by atoms with Gasteiger partial charge >= 0.3 is 0 Å². The Labute approximate surface area is 115 Å². The number of aromatic nitrogens is 2. The summed E-state index contributed by atoms with van der Waals surface area (Å²) in [6.07, 6.45) is 1.29. The molecule has 3 N–H and O–H groups in total. The van der Waals surface area contributed by atoms with Gasteiger partial charge in [0, 0.05) is 26.2 Å². The average Bonchev–Trinajstić information content (AvgIpc) is 2.42. The molecule has 1 aliphatic heterocycles. The summed E-state index contributed by atoms with van der Waals surface area (Å²) in [5, 5.41) is 5.93. The first-order chi connectivity index (χ1) is 9.15. The molecular formula is C11H16ClN5O2. The van der Waals surface area contributed by atoms with Gasteiger partial charge in [-0.05, 0) is 6.92 Å². The van der Waals surface area contributed by atoms with Gasteiger partial charge in [-0.25, -0.2) is 4.98 Å². The van der Waals surface area contributed by atoms with Crippen molar-refractivity contribution in [3.8, 4) is 0 Å². The fourth-order valence-electron chi connectivity index (χ4n) is 2.06. The van der Waals surface area contributed by atoms with Crippen molar-refractivity contribution in [2.24, 2.45) is 0 Å². The lowest BCUT2D eigenvalue weighted by Crippen LogP contribution is -2.58. The first kappa shape index (κ1) is 13.8. The fraction of sp³-hybridized carbons (Fsp3) is 0.545. The van der Waals surface area contributed by atoms with E-state index in [4.69, 9.17) is 11.6 Å². The van der Waals surface area contributed by atoms with Crippen molar-refractivity contribution < 1.29 is 4.79 Å². The summed E-state index contributed by atoms with van der Waals surface area (Å²) in [6.45, 7) is 4.19. The molecule has 1 aromatic heterocycles. The molecule has 19 heavy (non-hydrogen) atoms. The first-order valence-electron chi connectivity index (χ1n) is 6.13. The maximum atomic E-state index is 12.0. The molecule has 1 fully saturated rings. The van der Waals surface area contributed by atoms with Gasteiger partial charge in [-0.1, -0.05) is 11.6 Å². The number of piperazine rings is 1. The van der Waals surface area contributed by atoms with E-state index in [1.54, 1.807) is 4.90 Å². The molecule has 1 aromatic rings. The van der Waals surface area contributed by atoms with Crippen LogP contribution in [0.1, 0.15) is 6.92 Å². The average molecular weight is 286 g/mol. The van der Waals surface area contributed by atoms with Crippen LogP contribution >= 0.6 is 11.6 Å². The molecule has 0 radical (unpaired) electrons. The van der Waals surface area contributed by atoms with Crippen molar-refractivity contribution in [3.63, 3.8) is 0 Å². The highest BCUT2D eigenvalue weighted by Crippen LogP contribution is 2.21. The Morgan fingerprint density at radius 2 is 2.47 bits per heavy atom. The Morgan fingerprint density at radius 3 is 3.21 bits per heavy atom. The van der Waals surface area contributed by atoms with E-state index in [9.17, 15) is 9.59 Å². The third-order valence-corrected chi connectivity index (χ3v) is 3.29. The summed E-state index contributed by atoms with van der Waals surface area (Å²) in [7, 11) is 0. The molecule has 1 unspecified atom stereocenters. The molecule has 1 amide bonds. The zero-order valence-electron chi connectivity index (χ0n) is 10.6. The smallest absolute Gasteiger partial charge is 0.271 e. The van der Waals surface area contributed by atoms with E-state index >= 15 is 0 Å². The second-order valence-corrected chi connectivity index (χ2v) is 4.56. The minimum absolute atomic E-state index is 0.0127. The van der Waals surface area contributed by atoms with Crippen LogP contribution in [0, 0.1) is 0 Å². The lowest BCUT2D eigenvalue weighted by molar-refractivity contribution is -0.122. The van der Waals surface area contributed by atoms with Gasteiger partial charge in [-0.3, -0.25) is 9.59 Å². The van der Waals surface area contributed by atoms with Crippen molar-refractivity contribution >= 4 is 23.3 Å². The van der Waals surface area contributed by atoms with Crippen molar-refractivity contribution in [2.75, 3.05) is 31.1 Å². The number of rotatable bonds is 3. The van der Waals surface area contributed by atoms with E-state index in [1.165, 1.54) is 6.33 Å². The third-order valence-electron chi connectivity index (χ3n) is 2.95. The number of carbonyl (C=O) groups is 1. The molecule has 2 rings (SSSR count). The number of hydrogen-bond donors (Lipinski definition) is 3. The van der Waals surface area contributed by atoms with Crippen LogP contribution in [0.4, 0.5) is 5.82 Å². The Bertz CT molecular complexity index is 518. The van der Waals surface area contributed by atoms with Gasteiger partial charge in [-0.15, -0.1) is 0 Å². The molecule has 0 aromatic carbocycles. The molecule has 8 heteroatoms. The molecule has 0 spiro atoms. The van der Waals surface area contributed by atoms with Crippen LogP contribution in [0.3, 0.4) is 0 Å². The Kier molecular flexibility index (Phi) is 4.39. The standard InChI is InChI=1S/C11H16ClN5O2/c1-2-14-10(18)7-5-13-3-4-17(7)9-8(12)11(19)16-6-15-9/h6-7,13H,2-5H2,1H3,(H,14,18)(H,15,16,19). The number of nitrogens with one attached hydrogen (secondary N) is 3. The maximum Gasteiger partial charge on any atom is 0.271 e. The number of halogens is 1. The predicted molar refractivity (Wildman–Crippen MR) is 72.6 cm³/mol. The van der Waals surface area contributed by atoms with Crippen molar-refractivity contribution in [2.45, 2.75) is 13.0 Å². The largest absolute Gasteiger partial charge is 0.355 e. The van der Waals surface area contributed by atoms with Crippen LogP contribution in [-0.2, 0) is 4.79 Å². The quantitative estimate of drug-likeness (QED) is 0.686. The van der Waals surface area contributed by atoms with Gasteiger partial charge in [-0.2, -0.15) is 0 Å². The first-order valence-corrected chi connectivity index (χ1v) is 6.51. The Balaban J connectivity index is 2.31. The minimum atomic E-state index is -0.416. The molecule has 1 atom stereocenters. The molecule has 1 aliphatic rings. The number of anilines is 1. The summed E-state index contributed by atoms with van der Waals surface area (Å²) >= 11 is 5.97. The molecule has 104 valence electrons. The maximum absolute atomic E-state index is 12.0. The molecule has 0 aliphatic carbocycles. The lowest BCUT2D eigenvalue weighted by atomic mass is 10.1. The minimum Gasteiger partial charge on any atom is -0.355 e. The van der Waals surface area contributed by atoms with Gasteiger partial charge in [0.25, 0.3) is 5.56 Å². The number of likely N-dealkylation sites (N-methyl/N-ethyl adjacent to an activating group) is 1. The predicted octanol–water partition coefficient (Wildman–Crippen LogP) is -0.662. The van der Waals surface area contributed by atoms with Crippen LogP contribution in [-0.4, -0.2) is 48.1 Å². The monoisotopic (exact) mass is 285 g/mol. The van der Waals surface area contributed by atoms with Gasteiger partial charge in [0.05, 0.1) is 6.33 Å². The number of hydrogen-bond acceptors (Lipinski definition) is 5. The second kappa shape index (κ2) is 6.03. The van der Waals surface area contributed by atoms with Gasteiger partial charge in [0.15, 0.2) is 5.82 Å². The van der Waals surface area contributed by atoms with Gasteiger partial charge in [0.2, 0.25) is 5.91 Å². The Hall–Kier alpha value is -1.60. The SMILES string of the molecule is CCNC(=O)C1CNCCN1c1nc[nH]c(=O)c1Cl. The summed E-state index contributed by atoms with van der Waals surface area (Å²) in [4.78, 5) is 31.8. The van der Waals surface area contributed by atoms with Crippen LogP contribution < -0.4 is 21.1 Å². The summed E-state index contributed by atoms with van der Waals surface area (Å²) in [5.74, 6) is 0.246. The highest BCUT2D eigenvalue weighted by atomic mass is 35.5. The summed E-state index contributed by atoms with van der Waals surface area (Å²) < 4.78 is 0. The van der Waals surface area contributed by atoms with Crippen LogP contribution in [0.25, 0.3) is 0 Å². The van der Waals surface area contributed by atoms with Crippen molar-refractivity contribution in [1.82, 2.24) is 20.6 Å². The number of nitrogens with zero attached hydrogens (tertiary/aromatic N) is 2. The van der Waals surface area contributed by atoms with E-state index in [2.05, 4.69) is 20.6 Å². The van der Waals surface area contributed by atoms with Crippen LogP contribution in [0.15, 0.2) is 11.1 Å². The summed E-state index contributed by atoms with van der Waals surface area (Å²) in [5.41, 5.74) is -0.403. The van der Waals surface area contributed by atoms with Crippen molar-refractivity contribution in [3.05, 3.63) is 21.7 Å². The molecule has 7 nitrogen and oxygen atoms in total. The van der Waals surface area contributed by atoms with E-state index in [0.29, 0.717) is 32.0 Å². The topological polar surface area (TPSA) is 90.1 Å². The lowest BCUT2D eigenvalue weighted by Gasteiger charge is -2.36. The molecular weight excluding hydrogens is 270 g/mol. The zero-order chi connectivity index (χ0) is 13.8. The molecule has 1 saturated heterocycles. The molecule has 0 bridgehead atoms. The van der Waals surface area contributed by atoms with Crippen LogP contribution in [0.5, 0.6) is 0 Å². The number of H-pyrrole nitrogens is 1. The van der Waals surface area contributed by atoms with E-state index in [-0.39, 0.29) is 10.9 Å². The van der Waals surface area contributed by atoms with E-state index < -0.39 is 11.6 Å². The van der Waals surface area contributed by atoms with Gasteiger partial charge < -0.3 is 20.5 Å². The molecule has 2 heterocycles. The molecule has 0 saturated carbocycles. The fourth-order valence-corrected chi connectivity index (χ4v) is 2.27. The van der Waals surface area contributed by atoms with Crippen LogP contribution in [0.2, 0.25) is 5.02 Å². The highest BCUT2D eigenvalue weighted by Gasteiger charge is 2.30. The second-order valence-electron chi connectivity index (χ2n) is 4.18. The van der Waals surface area contributed by atoms with Crippen molar-refractivity contribution in [1.29, 1.82) is 0 Å². The Morgan fingerprint density at radius 1 is 1.68 bits per heavy atom. The highest BCUT2D eigenvalue weighted by molar-refractivity contribution is 6.32. The van der Waals surface area contributed by atoms with E-state index in [0.717, 1.165) is 0 Å². The number of amides is 1. The number of carbonyl (C=O) groups excluding carboxylic acids is 1. The summed E-state index contributed by atoms with van der Waals surface area (Å²) in [6, 6.07) is -0.416. The third kappa shape index (κ3) is 2.87. The number of aromatic amines is 1. The zero-order valence-corrected chi connectivity index (χ0v) is 11.3.